The number of methoxy groups -OCH3 is 1. The van der Waals surface area contributed by atoms with Gasteiger partial charge in [0.1, 0.15) is 5.75 Å². The van der Waals surface area contributed by atoms with Crippen LogP contribution in [-0.2, 0) is 23.0 Å². The lowest BCUT2D eigenvalue weighted by Gasteiger charge is -2.28. The van der Waals surface area contributed by atoms with Crippen molar-refractivity contribution in [3.63, 3.8) is 0 Å². The molecule has 162 valence electrons. The first-order valence-corrected chi connectivity index (χ1v) is 11.8. The molecule has 3 rings (SSSR count). The van der Waals surface area contributed by atoms with Crippen molar-refractivity contribution in [3.8, 4) is 5.75 Å². The number of nitrogens with zero attached hydrogens (tertiary/aromatic N) is 1. The van der Waals surface area contributed by atoms with Crippen LogP contribution in [0.5, 0.6) is 5.75 Å². The highest BCUT2D eigenvalue weighted by atomic mass is 32.2. The Bertz CT molecular complexity index is 1020. The van der Waals surface area contributed by atoms with Crippen molar-refractivity contribution in [3.05, 3.63) is 63.7 Å². The van der Waals surface area contributed by atoms with Crippen molar-refractivity contribution < 1.29 is 17.9 Å². The van der Waals surface area contributed by atoms with E-state index in [1.165, 1.54) is 4.31 Å². The van der Waals surface area contributed by atoms with Crippen LogP contribution in [0, 0.1) is 20.8 Å². The summed E-state index contributed by atoms with van der Waals surface area (Å²) < 4.78 is 32.3. The highest BCUT2D eigenvalue weighted by molar-refractivity contribution is 7.89. The Hall–Kier alpha value is -2.38. The summed E-state index contributed by atoms with van der Waals surface area (Å²) in [4.78, 5) is 12.5. The lowest BCUT2D eigenvalue weighted by molar-refractivity contribution is 0.0952. The van der Waals surface area contributed by atoms with Gasteiger partial charge in [0.25, 0.3) is 5.91 Å². The highest BCUT2D eigenvalue weighted by Gasteiger charge is 2.26. The molecule has 1 N–H and O–H groups in total. The summed E-state index contributed by atoms with van der Waals surface area (Å²) >= 11 is 0. The fourth-order valence-corrected chi connectivity index (χ4v) is 5.55. The number of benzene rings is 2. The van der Waals surface area contributed by atoms with E-state index in [9.17, 15) is 13.2 Å². The Labute approximate surface area is 179 Å². The minimum absolute atomic E-state index is 0.0185. The molecule has 2 aromatic carbocycles. The minimum Gasteiger partial charge on any atom is -0.497 e. The molecule has 6 nitrogen and oxygen atoms in total. The van der Waals surface area contributed by atoms with Crippen molar-refractivity contribution in [1.82, 2.24) is 9.62 Å². The van der Waals surface area contributed by atoms with Gasteiger partial charge in [0, 0.05) is 25.2 Å². The number of carbonyl (C=O) groups excluding carboxylic acids is 1. The van der Waals surface area contributed by atoms with E-state index in [1.54, 1.807) is 7.11 Å². The zero-order valence-electron chi connectivity index (χ0n) is 18.1. The van der Waals surface area contributed by atoms with E-state index >= 15 is 0 Å². The molecule has 0 unspecified atom stereocenters. The Morgan fingerprint density at radius 2 is 1.80 bits per heavy atom. The second-order valence-electron chi connectivity index (χ2n) is 7.92. The smallest absolute Gasteiger partial charge is 0.251 e. The van der Waals surface area contributed by atoms with Gasteiger partial charge in [0.15, 0.2) is 0 Å². The molecule has 2 aromatic rings. The topological polar surface area (TPSA) is 75.7 Å². The van der Waals surface area contributed by atoms with E-state index < -0.39 is 10.0 Å². The molecule has 30 heavy (non-hydrogen) atoms. The van der Waals surface area contributed by atoms with Crippen molar-refractivity contribution in [1.29, 1.82) is 0 Å². The molecule has 0 aromatic heterocycles. The van der Waals surface area contributed by atoms with E-state index in [4.69, 9.17) is 4.74 Å². The molecular formula is C23H30N2O4S. The Morgan fingerprint density at radius 3 is 2.47 bits per heavy atom. The number of rotatable bonds is 7. The molecule has 0 aliphatic carbocycles. The molecule has 0 fully saturated rings. The number of fused-ring (bicyclic) bond motifs is 1. The SMILES string of the molecule is COc1ccc2c(c1)CCN(S(=O)(=O)CCCNC(=O)c1c(C)cc(C)cc1C)C2. The molecule has 0 saturated heterocycles. The van der Waals surface area contributed by atoms with Gasteiger partial charge in [-0.15, -0.1) is 0 Å². The third-order valence-corrected chi connectivity index (χ3v) is 7.46. The summed E-state index contributed by atoms with van der Waals surface area (Å²) in [6, 6.07) is 9.73. The molecule has 0 saturated carbocycles. The summed E-state index contributed by atoms with van der Waals surface area (Å²) in [7, 11) is -1.75. The third-order valence-electron chi connectivity index (χ3n) is 5.55. The average molecular weight is 431 g/mol. The van der Waals surface area contributed by atoms with Crippen LogP contribution in [0.25, 0.3) is 0 Å². The maximum atomic E-state index is 12.8. The van der Waals surface area contributed by atoms with Crippen molar-refractivity contribution in [2.45, 2.75) is 40.2 Å². The van der Waals surface area contributed by atoms with E-state index in [0.29, 0.717) is 38.0 Å². The Kier molecular flexibility index (Phi) is 6.83. The number of carbonyl (C=O) groups is 1. The number of aryl methyl sites for hydroxylation is 3. The van der Waals surface area contributed by atoms with Crippen LogP contribution >= 0.6 is 0 Å². The lowest BCUT2D eigenvalue weighted by atomic mass is 9.99. The zero-order chi connectivity index (χ0) is 21.9. The maximum Gasteiger partial charge on any atom is 0.251 e. The summed E-state index contributed by atoms with van der Waals surface area (Å²) in [6.07, 6.45) is 1.05. The van der Waals surface area contributed by atoms with Gasteiger partial charge in [-0.05, 0) is 68.0 Å². The maximum absolute atomic E-state index is 12.8. The van der Waals surface area contributed by atoms with Crippen LogP contribution in [-0.4, -0.2) is 44.6 Å². The van der Waals surface area contributed by atoms with Gasteiger partial charge >= 0.3 is 0 Å². The number of nitrogens with one attached hydrogen (secondary N) is 1. The molecule has 1 amide bonds. The van der Waals surface area contributed by atoms with Gasteiger partial charge in [-0.3, -0.25) is 4.79 Å². The number of hydrogen-bond acceptors (Lipinski definition) is 4. The first kappa shape index (κ1) is 22.3. The monoisotopic (exact) mass is 430 g/mol. The van der Waals surface area contributed by atoms with Crippen molar-refractivity contribution in [2.75, 3.05) is 26.0 Å². The van der Waals surface area contributed by atoms with Gasteiger partial charge in [0.05, 0.1) is 12.9 Å². The standard InChI is InChI=1S/C23H30N2O4S/c1-16-12-17(2)22(18(3)13-16)23(26)24-9-5-11-30(27,28)25-10-8-19-14-21(29-4)7-6-20(19)15-25/h6-7,12-14H,5,8-11,15H2,1-4H3,(H,24,26). The van der Waals surface area contributed by atoms with Gasteiger partial charge in [0.2, 0.25) is 10.0 Å². The lowest BCUT2D eigenvalue weighted by Crippen LogP contribution is -2.38. The zero-order valence-corrected chi connectivity index (χ0v) is 18.9. The second kappa shape index (κ2) is 9.18. The molecule has 0 spiro atoms. The molecule has 1 heterocycles. The van der Waals surface area contributed by atoms with E-state index in [1.807, 2.05) is 51.1 Å². The average Bonchev–Trinajstić information content (AvgIpc) is 2.69. The normalized spacial score (nSPS) is 14.3. The van der Waals surface area contributed by atoms with E-state index in [0.717, 1.165) is 33.6 Å². The number of sulfonamides is 1. The predicted octanol–water partition coefficient (Wildman–Crippen LogP) is 3.13. The number of amides is 1. The van der Waals surface area contributed by atoms with Gasteiger partial charge in [-0.25, -0.2) is 8.42 Å². The van der Waals surface area contributed by atoms with Crippen LogP contribution in [0.4, 0.5) is 0 Å². The fraction of sp³-hybridized carbons (Fsp3) is 0.435. The predicted molar refractivity (Wildman–Crippen MR) is 118 cm³/mol. The van der Waals surface area contributed by atoms with Crippen LogP contribution in [0.2, 0.25) is 0 Å². The molecule has 0 bridgehead atoms. The summed E-state index contributed by atoms with van der Waals surface area (Å²) in [5.41, 5.74) is 5.81. The van der Waals surface area contributed by atoms with Crippen LogP contribution < -0.4 is 10.1 Å². The first-order valence-electron chi connectivity index (χ1n) is 10.2. The molecule has 7 heteroatoms. The van der Waals surface area contributed by atoms with Crippen LogP contribution in [0.1, 0.15) is 44.6 Å². The fourth-order valence-electron chi connectivity index (χ4n) is 4.08. The quantitative estimate of drug-likeness (QED) is 0.685. The van der Waals surface area contributed by atoms with Gasteiger partial charge in [-0.2, -0.15) is 4.31 Å². The second-order valence-corrected chi connectivity index (χ2v) is 10.0. The molecule has 0 atom stereocenters. The van der Waals surface area contributed by atoms with E-state index in [2.05, 4.69) is 5.32 Å². The largest absolute Gasteiger partial charge is 0.497 e. The Balaban J connectivity index is 1.54. The molecular weight excluding hydrogens is 400 g/mol. The van der Waals surface area contributed by atoms with Crippen LogP contribution in [0.15, 0.2) is 30.3 Å². The minimum atomic E-state index is -3.38. The molecule has 0 radical (unpaired) electrons. The summed E-state index contributed by atoms with van der Waals surface area (Å²) in [5, 5.41) is 2.87. The number of ether oxygens (including phenoxy) is 1. The van der Waals surface area contributed by atoms with E-state index in [-0.39, 0.29) is 11.7 Å². The van der Waals surface area contributed by atoms with Gasteiger partial charge in [-0.1, -0.05) is 23.8 Å². The Morgan fingerprint density at radius 1 is 1.10 bits per heavy atom. The van der Waals surface area contributed by atoms with Crippen molar-refractivity contribution >= 4 is 15.9 Å². The summed E-state index contributed by atoms with van der Waals surface area (Å²) in [5.74, 6) is 0.660. The van der Waals surface area contributed by atoms with Crippen molar-refractivity contribution in [2.24, 2.45) is 0 Å². The molecule has 1 aliphatic rings. The third kappa shape index (κ3) is 5.02. The molecule has 1 aliphatic heterocycles. The number of hydrogen-bond donors (Lipinski definition) is 1. The van der Waals surface area contributed by atoms with Crippen LogP contribution in [0.3, 0.4) is 0 Å². The van der Waals surface area contributed by atoms with Gasteiger partial charge < -0.3 is 10.1 Å². The summed E-state index contributed by atoms with van der Waals surface area (Å²) in [6.45, 7) is 7.02. The first-order chi connectivity index (χ1) is 14.2. The highest BCUT2D eigenvalue weighted by Crippen LogP contribution is 2.25.